The van der Waals surface area contributed by atoms with Crippen LogP contribution < -0.4 is 10.2 Å². The van der Waals surface area contributed by atoms with Crippen LogP contribution in [0.15, 0.2) is 24.3 Å². The van der Waals surface area contributed by atoms with Crippen molar-refractivity contribution in [3.63, 3.8) is 0 Å². The zero-order valence-electron chi connectivity index (χ0n) is 13.4. The Bertz CT molecular complexity index is 656. The predicted molar refractivity (Wildman–Crippen MR) is 86.1 cm³/mol. The molecule has 0 bridgehead atoms. The Kier molecular flexibility index (Phi) is 4.07. The second-order valence-corrected chi connectivity index (χ2v) is 6.32. The number of anilines is 1. The third kappa shape index (κ3) is 2.81. The molecular weight excluding hydrogens is 294 g/mol. The summed E-state index contributed by atoms with van der Waals surface area (Å²) in [6, 6.07) is 6.56. The number of carbonyl (C=O) groups is 3. The highest BCUT2D eigenvalue weighted by atomic mass is 16.2. The fourth-order valence-corrected chi connectivity index (χ4v) is 3.28. The minimum Gasteiger partial charge on any atom is -0.352 e. The van der Waals surface area contributed by atoms with Crippen LogP contribution in [-0.4, -0.2) is 47.8 Å². The summed E-state index contributed by atoms with van der Waals surface area (Å²) in [4.78, 5) is 40.9. The van der Waals surface area contributed by atoms with E-state index in [0.717, 1.165) is 6.42 Å². The van der Waals surface area contributed by atoms with E-state index in [1.807, 2.05) is 13.8 Å². The lowest BCUT2D eigenvalue weighted by molar-refractivity contribution is -0.125. The normalized spacial score (nSPS) is 20.4. The zero-order valence-corrected chi connectivity index (χ0v) is 13.4. The fraction of sp³-hybridized carbons (Fsp3) is 0.471. The highest BCUT2D eigenvalue weighted by molar-refractivity contribution is 6.12. The second kappa shape index (κ2) is 6.02. The van der Waals surface area contributed by atoms with Crippen molar-refractivity contribution in [1.29, 1.82) is 0 Å². The van der Waals surface area contributed by atoms with Gasteiger partial charge in [0.25, 0.3) is 5.91 Å². The summed E-state index contributed by atoms with van der Waals surface area (Å²) in [6.45, 7) is 4.28. The van der Waals surface area contributed by atoms with Crippen molar-refractivity contribution in [3.05, 3.63) is 29.8 Å². The van der Waals surface area contributed by atoms with Crippen molar-refractivity contribution < 1.29 is 14.4 Å². The van der Waals surface area contributed by atoms with Crippen LogP contribution in [0.4, 0.5) is 5.69 Å². The first kappa shape index (κ1) is 15.5. The van der Waals surface area contributed by atoms with Crippen molar-refractivity contribution in [3.8, 4) is 0 Å². The number of nitrogens with one attached hydrogen (secondary N) is 1. The third-order valence-electron chi connectivity index (χ3n) is 4.24. The first-order valence-electron chi connectivity index (χ1n) is 8.00. The van der Waals surface area contributed by atoms with Gasteiger partial charge in [0.1, 0.15) is 12.6 Å². The molecular formula is C17H21N3O3. The van der Waals surface area contributed by atoms with E-state index in [2.05, 4.69) is 5.32 Å². The Labute approximate surface area is 135 Å². The molecule has 3 rings (SSSR count). The summed E-state index contributed by atoms with van der Waals surface area (Å²) in [7, 11) is 0. The fourth-order valence-electron chi connectivity index (χ4n) is 3.28. The van der Waals surface area contributed by atoms with Gasteiger partial charge >= 0.3 is 0 Å². The molecule has 23 heavy (non-hydrogen) atoms. The van der Waals surface area contributed by atoms with Gasteiger partial charge in [-0.1, -0.05) is 12.1 Å². The van der Waals surface area contributed by atoms with Crippen molar-refractivity contribution >= 4 is 23.4 Å². The molecule has 1 aromatic carbocycles. The van der Waals surface area contributed by atoms with Crippen molar-refractivity contribution in [2.24, 2.45) is 0 Å². The molecule has 122 valence electrons. The SMILES string of the molecule is CC(C)NC(=O)CN1C(=O)[C@H]2CCCN2C(=O)c2ccccc21. The molecule has 0 spiro atoms. The molecule has 2 heterocycles. The van der Waals surface area contributed by atoms with E-state index >= 15 is 0 Å². The Morgan fingerprint density at radius 1 is 1.30 bits per heavy atom. The first-order valence-corrected chi connectivity index (χ1v) is 8.00. The standard InChI is InChI=1S/C17H21N3O3/c1-11(2)18-15(21)10-20-13-7-4-3-6-12(13)16(22)19-9-5-8-14(19)17(20)23/h3-4,6-7,11,14H,5,8-10H2,1-2H3,(H,18,21)/t14-/m1/s1. The topological polar surface area (TPSA) is 69.7 Å². The molecule has 6 nitrogen and oxygen atoms in total. The summed E-state index contributed by atoms with van der Waals surface area (Å²) < 4.78 is 0. The van der Waals surface area contributed by atoms with Gasteiger partial charge in [0.05, 0.1) is 11.3 Å². The van der Waals surface area contributed by atoms with Gasteiger partial charge in [0, 0.05) is 12.6 Å². The smallest absolute Gasteiger partial charge is 0.256 e. The number of rotatable bonds is 3. The highest BCUT2D eigenvalue weighted by Crippen LogP contribution is 2.32. The zero-order chi connectivity index (χ0) is 16.6. The molecule has 1 N–H and O–H groups in total. The van der Waals surface area contributed by atoms with E-state index in [4.69, 9.17) is 0 Å². The van der Waals surface area contributed by atoms with E-state index in [1.165, 1.54) is 4.90 Å². The lowest BCUT2D eigenvalue weighted by Crippen LogP contribution is -2.48. The summed E-state index contributed by atoms with van der Waals surface area (Å²) >= 11 is 0. The van der Waals surface area contributed by atoms with Gasteiger partial charge in [0.15, 0.2) is 0 Å². The highest BCUT2D eigenvalue weighted by Gasteiger charge is 2.42. The molecule has 0 aliphatic carbocycles. The van der Waals surface area contributed by atoms with Gasteiger partial charge in [-0.2, -0.15) is 0 Å². The number of amides is 3. The summed E-state index contributed by atoms with van der Waals surface area (Å²) in [6.07, 6.45) is 1.47. The van der Waals surface area contributed by atoms with Gasteiger partial charge in [-0.3, -0.25) is 14.4 Å². The molecule has 0 saturated carbocycles. The number of carbonyl (C=O) groups excluding carboxylic acids is 3. The molecule has 6 heteroatoms. The molecule has 2 aliphatic heterocycles. The minimum atomic E-state index is -0.457. The summed E-state index contributed by atoms with van der Waals surface area (Å²) in [5.74, 6) is -0.509. The molecule has 3 amide bonds. The molecule has 0 aromatic heterocycles. The van der Waals surface area contributed by atoms with Gasteiger partial charge in [-0.15, -0.1) is 0 Å². The summed E-state index contributed by atoms with van der Waals surface area (Å²) in [5.41, 5.74) is 1.01. The van der Waals surface area contributed by atoms with Crippen LogP contribution >= 0.6 is 0 Å². The summed E-state index contributed by atoms with van der Waals surface area (Å²) in [5, 5.41) is 2.80. The second-order valence-electron chi connectivity index (χ2n) is 6.32. The van der Waals surface area contributed by atoms with Crippen LogP contribution in [0, 0.1) is 0 Å². The van der Waals surface area contributed by atoms with Crippen LogP contribution in [-0.2, 0) is 9.59 Å². The first-order chi connectivity index (χ1) is 11.0. The average Bonchev–Trinajstić information content (AvgIpc) is 2.97. The molecule has 1 atom stereocenters. The quantitative estimate of drug-likeness (QED) is 0.910. The Morgan fingerprint density at radius 3 is 2.78 bits per heavy atom. The van der Waals surface area contributed by atoms with E-state index in [-0.39, 0.29) is 30.3 Å². The average molecular weight is 315 g/mol. The Balaban J connectivity index is 1.99. The van der Waals surface area contributed by atoms with Gasteiger partial charge in [0.2, 0.25) is 11.8 Å². The molecule has 2 aliphatic rings. The van der Waals surface area contributed by atoms with E-state index < -0.39 is 6.04 Å². The number of hydrogen-bond donors (Lipinski definition) is 1. The molecule has 0 radical (unpaired) electrons. The monoisotopic (exact) mass is 315 g/mol. The van der Waals surface area contributed by atoms with Gasteiger partial charge in [-0.05, 0) is 38.8 Å². The van der Waals surface area contributed by atoms with Gasteiger partial charge in [-0.25, -0.2) is 0 Å². The van der Waals surface area contributed by atoms with E-state index in [1.54, 1.807) is 29.2 Å². The van der Waals surface area contributed by atoms with E-state index in [9.17, 15) is 14.4 Å². The van der Waals surface area contributed by atoms with Gasteiger partial charge < -0.3 is 15.1 Å². The number of hydrogen-bond acceptors (Lipinski definition) is 3. The minimum absolute atomic E-state index is 0.00411. The maximum Gasteiger partial charge on any atom is 0.256 e. The third-order valence-corrected chi connectivity index (χ3v) is 4.24. The number of nitrogens with zero attached hydrogens (tertiary/aromatic N) is 2. The largest absolute Gasteiger partial charge is 0.352 e. The van der Waals surface area contributed by atoms with Crippen LogP contribution in [0.3, 0.4) is 0 Å². The number of benzene rings is 1. The van der Waals surface area contributed by atoms with Crippen LogP contribution in [0.25, 0.3) is 0 Å². The molecule has 1 saturated heterocycles. The van der Waals surface area contributed by atoms with Crippen molar-refractivity contribution in [1.82, 2.24) is 10.2 Å². The number of para-hydroxylation sites is 1. The predicted octanol–water partition coefficient (Wildman–Crippen LogP) is 1.16. The molecule has 1 fully saturated rings. The van der Waals surface area contributed by atoms with E-state index in [0.29, 0.717) is 24.2 Å². The number of fused-ring (bicyclic) bond motifs is 2. The van der Waals surface area contributed by atoms with Crippen molar-refractivity contribution in [2.45, 2.75) is 38.8 Å². The van der Waals surface area contributed by atoms with Crippen LogP contribution in [0.1, 0.15) is 37.0 Å². The Morgan fingerprint density at radius 2 is 2.04 bits per heavy atom. The van der Waals surface area contributed by atoms with Crippen LogP contribution in [0.2, 0.25) is 0 Å². The maximum atomic E-state index is 12.9. The molecule has 1 aromatic rings. The van der Waals surface area contributed by atoms with Crippen molar-refractivity contribution in [2.75, 3.05) is 18.0 Å². The lowest BCUT2D eigenvalue weighted by atomic mass is 10.1. The Hall–Kier alpha value is -2.37. The molecule has 0 unspecified atom stereocenters. The lowest BCUT2D eigenvalue weighted by Gasteiger charge is -2.25. The maximum absolute atomic E-state index is 12.9. The van der Waals surface area contributed by atoms with Crippen LogP contribution in [0.5, 0.6) is 0 Å².